The van der Waals surface area contributed by atoms with Crippen molar-refractivity contribution in [1.82, 2.24) is 21.3 Å². The number of hydrogen-bond donors (Lipinski definition) is 4. The van der Waals surface area contributed by atoms with Crippen molar-refractivity contribution in [2.45, 2.75) is 58.9 Å². The average molecular weight is 507 g/mol. The summed E-state index contributed by atoms with van der Waals surface area (Å²) in [5.41, 5.74) is 1.56. The maximum atomic E-state index is 12.9. The number of alkyl halides is 3. The second kappa shape index (κ2) is 12.0. The van der Waals surface area contributed by atoms with Gasteiger partial charge in [0.2, 0.25) is 11.8 Å². The van der Waals surface area contributed by atoms with Crippen LogP contribution in [0.2, 0.25) is 0 Å². The van der Waals surface area contributed by atoms with Gasteiger partial charge in [-0.2, -0.15) is 13.2 Å². The van der Waals surface area contributed by atoms with Gasteiger partial charge in [-0.05, 0) is 63.9 Å². The van der Waals surface area contributed by atoms with Crippen molar-refractivity contribution in [1.29, 1.82) is 0 Å². The molecule has 0 radical (unpaired) electrons. The molecule has 0 unspecified atom stereocenters. The molecule has 0 aliphatic carbocycles. The molecule has 0 heterocycles. The molecule has 1 atom stereocenters. The summed E-state index contributed by atoms with van der Waals surface area (Å²) in [6, 6.07) is 9.00. The fraction of sp³-hybridized carbons (Fsp3) is 0.423. The van der Waals surface area contributed by atoms with Gasteiger partial charge in [-0.15, -0.1) is 0 Å². The van der Waals surface area contributed by atoms with Crippen LogP contribution >= 0.6 is 0 Å². The maximum absolute atomic E-state index is 12.9. The van der Waals surface area contributed by atoms with E-state index in [-0.39, 0.29) is 12.1 Å². The smallest absolute Gasteiger partial charge is 0.350 e. The minimum Gasteiger partial charge on any atom is -0.350 e. The normalized spacial score (nSPS) is 12.6. The highest BCUT2D eigenvalue weighted by Crippen LogP contribution is 2.29. The number of halogens is 3. The molecule has 0 aliphatic rings. The van der Waals surface area contributed by atoms with Crippen molar-refractivity contribution >= 4 is 17.7 Å². The van der Waals surface area contributed by atoms with Gasteiger partial charge in [-0.25, -0.2) is 0 Å². The summed E-state index contributed by atoms with van der Waals surface area (Å²) >= 11 is 0. The summed E-state index contributed by atoms with van der Waals surface area (Å²) in [6.07, 6.45) is -4.59. The van der Waals surface area contributed by atoms with Crippen molar-refractivity contribution in [2.75, 3.05) is 13.1 Å². The number of nitrogens with one attached hydrogen (secondary N) is 4. The summed E-state index contributed by atoms with van der Waals surface area (Å²) < 4.78 is 38.7. The lowest BCUT2D eigenvalue weighted by Crippen LogP contribution is -2.56. The van der Waals surface area contributed by atoms with Gasteiger partial charge in [0.15, 0.2) is 0 Å². The van der Waals surface area contributed by atoms with Crippen LogP contribution in [0.5, 0.6) is 0 Å². The van der Waals surface area contributed by atoms with E-state index in [1.165, 1.54) is 6.07 Å². The van der Waals surface area contributed by atoms with E-state index in [9.17, 15) is 27.6 Å². The number of hydrogen-bond acceptors (Lipinski definition) is 4. The van der Waals surface area contributed by atoms with Gasteiger partial charge >= 0.3 is 6.18 Å². The third-order valence-electron chi connectivity index (χ3n) is 5.17. The number of benzene rings is 2. The van der Waals surface area contributed by atoms with Crippen LogP contribution in [0.25, 0.3) is 0 Å². The minimum atomic E-state index is -4.59. The first-order chi connectivity index (χ1) is 16.7. The molecule has 0 aromatic heterocycles. The van der Waals surface area contributed by atoms with Crippen LogP contribution < -0.4 is 21.3 Å². The average Bonchev–Trinajstić information content (AvgIpc) is 2.76. The van der Waals surface area contributed by atoms with E-state index in [1.54, 1.807) is 0 Å². The standard InChI is InChI=1S/C26H33F3N4O3/c1-16-9-10-19(17(2)11-16)13-30-14-21(24(36)33-25(3,4)5)32-22(34)15-31-23(35)18-7-6-8-20(12-18)26(27,28)29/h6-12,21,30H,13-15H2,1-5H3,(H,31,35)(H,32,34)(H,33,36)/t21-/m1/s1. The van der Waals surface area contributed by atoms with Gasteiger partial charge in [0, 0.05) is 24.2 Å². The first-order valence-corrected chi connectivity index (χ1v) is 11.5. The van der Waals surface area contributed by atoms with Crippen LogP contribution in [0.4, 0.5) is 13.2 Å². The van der Waals surface area contributed by atoms with E-state index in [4.69, 9.17) is 0 Å². The van der Waals surface area contributed by atoms with Gasteiger partial charge in [0.1, 0.15) is 6.04 Å². The third kappa shape index (κ3) is 9.33. The molecule has 10 heteroatoms. The summed E-state index contributed by atoms with van der Waals surface area (Å²) in [4.78, 5) is 37.5. The number of carbonyl (C=O) groups excluding carboxylic acids is 3. The van der Waals surface area contributed by atoms with E-state index in [2.05, 4.69) is 27.3 Å². The molecule has 7 nitrogen and oxygen atoms in total. The molecule has 0 saturated carbocycles. The van der Waals surface area contributed by atoms with Crippen molar-refractivity contribution in [2.24, 2.45) is 0 Å². The van der Waals surface area contributed by atoms with Crippen molar-refractivity contribution in [3.8, 4) is 0 Å². The van der Waals surface area contributed by atoms with Gasteiger partial charge in [0.25, 0.3) is 5.91 Å². The molecule has 0 aliphatic heterocycles. The molecule has 36 heavy (non-hydrogen) atoms. The quantitative estimate of drug-likeness (QED) is 0.420. The first-order valence-electron chi connectivity index (χ1n) is 11.5. The van der Waals surface area contributed by atoms with E-state index in [0.29, 0.717) is 12.6 Å². The fourth-order valence-electron chi connectivity index (χ4n) is 3.41. The Kier molecular flexibility index (Phi) is 9.63. The molecule has 0 saturated heterocycles. The van der Waals surface area contributed by atoms with Gasteiger partial charge in [-0.3, -0.25) is 14.4 Å². The zero-order chi connectivity index (χ0) is 27.1. The Bertz CT molecular complexity index is 1090. The van der Waals surface area contributed by atoms with Crippen molar-refractivity contribution in [3.63, 3.8) is 0 Å². The molecular formula is C26H33F3N4O3. The van der Waals surface area contributed by atoms with Gasteiger partial charge in [-0.1, -0.05) is 29.8 Å². The maximum Gasteiger partial charge on any atom is 0.416 e. The fourth-order valence-corrected chi connectivity index (χ4v) is 3.41. The molecule has 0 bridgehead atoms. The van der Waals surface area contributed by atoms with Crippen molar-refractivity contribution < 1.29 is 27.6 Å². The Labute approximate surface area is 209 Å². The highest BCUT2D eigenvalue weighted by Gasteiger charge is 2.31. The van der Waals surface area contributed by atoms with Crippen LogP contribution in [0.3, 0.4) is 0 Å². The van der Waals surface area contributed by atoms with Crippen molar-refractivity contribution in [3.05, 3.63) is 70.3 Å². The highest BCUT2D eigenvalue weighted by molar-refractivity contribution is 5.97. The largest absolute Gasteiger partial charge is 0.416 e. The van der Waals surface area contributed by atoms with E-state index in [0.717, 1.165) is 28.8 Å². The SMILES string of the molecule is Cc1ccc(CNC[C@@H](NC(=O)CNC(=O)c2cccc(C(F)(F)F)c2)C(=O)NC(C)(C)C)c(C)c1. The zero-order valence-corrected chi connectivity index (χ0v) is 21.1. The molecule has 0 spiro atoms. The lowest BCUT2D eigenvalue weighted by molar-refractivity contribution is -0.137. The second-order valence-corrected chi connectivity index (χ2v) is 9.68. The predicted molar refractivity (Wildman–Crippen MR) is 131 cm³/mol. The summed E-state index contributed by atoms with van der Waals surface area (Å²) in [6.45, 7) is 9.51. The molecule has 196 valence electrons. The van der Waals surface area contributed by atoms with Crippen LogP contribution in [0.1, 0.15) is 53.4 Å². The topological polar surface area (TPSA) is 99.3 Å². The zero-order valence-electron chi connectivity index (χ0n) is 21.1. The predicted octanol–water partition coefficient (Wildman–Crippen LogP) is 3.24. The summed E-state index contributed by atoms with van der Waals surface area (Å²) in [7, 11) is 0. The van der Waals surface area contributed by atoms with Crippen LogP contribution in [-0.4, -0.2) is 42.4 Å². The number of aryl methyl sites for hydroxylation is 2. The monoisotopic (exact) mass is 506 g/mol. The molecule has 2 aromatic rings. The van der Waals surface area contributed by atoms with Gasteiger partial charge < -0.3 is 21.3 Å². The van der Waals surface area contributed by atoms with E-state index in [1.807, 2.05) is 46.8 Å². The van der Waals surface area contributed by atoms with E-state index >= 15 is 0 Å². The summed E-state index contributed by atoms with van der Waals surface area (Å²) in [5, 5.41) is 10.9. The summed E-state index contributed by atoms with van der Waals surface area (Å²) in [5.74, 6) is -1.90. The Morgan fingerprint density at radius 1 is 0.972 bits per heavy atom. The third-order valence-corrected chi connectivity index (χ3v) is 5.17. The second-order valence-electron chi connectivity index (χ2n) is 9.68. The Morgan fingerprint density at radius 2 is 1.67 bits per heavy atom. The molecule has 3 amide bonds. The van der Waals surface area contributed by atoms with Crippen LogP contribution in [0.15, 0.2) is 42.5 Å². The minimum absolute atomic E-state index is 0.128. The molecular weight excluding hydrogens is 473 g/mol. The first kappa shape index (κ1) is 28.8. The van der Waals surface area contributed by atoms with E-state index < -0.39 is 47.6 Å². The molecule has 4 N–H and O–H groups in total. The van der Waals surface area contributed by atoms with Crippen LogP contribution in [-0.2, 0) is 22.3 Å². The number of amides is 3. The van der Waals surface area contributed by atoms with Crippen LogP contribution in [0, 0.1) is 13.8 Å². The Morgan fingerprint density at radius 3 is 2.28 bits per heavy atom. The van der Waals surface area contributed by atoms with Gasteiger partial charge in [0.05, 0.1) is 12.1 Å². The Hall–Kier alpha value is -3.40. The number of rotatable bonds is 9. The highest BCUT2D eigenvalue weighted by atomic mass is 19.4. The lowest BCUT2D eigenvalue weighted by atomic mass is 10.1. The lowest BCUT2D eigenvalue weighted by Gasteiger charge is -2.26. The molecule has 2 aromatic carbocycles. The Balaban J connectivity index is 1.99. The number of carbonyl (C=O) groups is 3. The molecule has 2 rings (SSSR count). The molecule has 0 fully saturated rings.